The molecule has 9 heteroatoms. The number of hydrogen-bond donors (Lipinski definition) is 2. The number of thiophene rings is 2. The highest BCUT2D eigenvalue weighted by Crippen LogP contribution is 2.22. The van der Waals surface area contributed by atoms with E-state index in [-0.39, 0.29) is 16.3 Å². The molecule has 2 rings (SSSR count). The van der Waals surface area contributed by atoms with Crippen molar-refractivity contribution in [2.24, 2.45) is 0 Å². The van der Waals surface area contributed by atoms with Gasteiger partial charge in [-0.3, -0.25) is 0 Å². The van der Waals surface area contributed by atoms with Gasteiger partial charge in [0.15, 0.2) is 0 Å². The molecule has 0 atom stereocenters. The van der Waals surface area contributed by atoms with Crippen LogP contribution in [0.3, 0.4) is 0 Å². The lowest BCUT2D eigenvalue weighted by molar-refractivity contribution is 0.0697. The van der Waals surface area contributed by atoms with Gasteiger partial charge in [-0.05, 0) is 28.1 Å². The van der Waals surface area contributed by atoms with Crippen molar-refractivity contribution in [3.8, 4) is 0 Å². The fraction of sp³-hybridized carbons (Fsp3) is 0.100. The average molecular weight is 382 g/mol. The van der Waals surface area contributed by atoms with Gasteiger partial charge >= 0.3 is 5.97 Å². The van der Waals surface area contributed by atoms with Crippen LogP contribution < -0.4 is 4.72 Å². The molecular formula is C10H8BrNO4S3. The summed E-state index contributed by atoms with van der Waals surface area (Å²) in [6, 6.07) is 2.98. The lowest BCUT2D eigenvalue weighted by atomic mass is 10.4. The smallest absolute Gasteiger partial charge is 0.336 e. The molecule has 0 saturated heterocycles. The number of carbonyl (C=O) groups is 1. The number of aromatic carboxylic acids is 1. The maximum Gasteiger partial charge on any atom is 0.336 e. The molecule has 102 valence electrons. The Bertz CT molecular complexity index is 704. The normalized spacial score (nSPS) is 11.6. The van der Waals surface area contributed by atoms with Gasteiger partial charge in [0, 0.05) is 26.7 Å². The summed E-state index contributed by atoms with van der Waals surface area (Å²) in [7, 11) is -3.67. The first-order valence-electron chi connectivity index (χ1n) is 4.93. The Morgan fingerprint density at radius 3 is 2.58 bits per heavy atom. The van der Waals surface area contributed by atoms with E-state index in [1.807, 2.05) is 11.4 Å². The van der Waals surface area contributed by atoms with Gasteiger partial charge in [0.05, 0.1) is 5.56 Å². The van der Waals surface area contributed by atoms with Crippen LogP contribution in [0.1, 0.15) is 15.2 Å². The molecule has 0 radical (unpaired) electrons. The van der Waals surface area contributed by atoms with Crippen molar-refractivity contribution in [1.29, 1.82) is 0 Å². The van der Waals surface area contributed by atoms with Crippen LogP contribution in [0.2, 0.25) is 0 Å². The lowest BCUT2D eigenvalue weighted by Gasteiger charge is -2.02. The number of halogens is 1. The summed E-state index contributed by atoms with van der Waals surface area (Å²) in [5.41, 5.74) is -0.0238. The topological polar surface area (TPSA) is 83.5 Å². The number of sulfonamides is 1. The molecule has 2 N–H and O–H groups in total. The number of hydrogen-bond acceptors (Lipinski definition) is 5. The van der Waals surface area contributed by atoms with Gasteiger partial charge in [0.25, 0.3) is 0 Å². The molecule has 0 spiro atoms. The molecule has 19 heavy (non-hydrogen) atoms. The van der Waals surface area contributed by atoms with Crippen LogP contribution in [0.25, 0.3) is 0 Å². The van der Waals surface area contributed by atoms with E-state index in [1.165, 1.54) is 16.7 Å². The monoisotopic (exact) mass is 381 g/mol. The maximum absolute atomic E-state index is 11.9. The van der Waals surface area contributed by atoms with Gasteiger partial charge in [-0.2, -0.15) is 0 Å². The van der Waals surface area contributed by atoms with E-state index in [2.05, 4.69) is 20.7 Å². The van der Waals surface area contributed by atoms with Crippen molar-refractivity contribution in [2.45, 2.75) is 10.8 Å². The summed E-state index contributed by atoms with van der Waals surface area (Å²) in [6.07, 6.45) is 0. The first kappa shape index (κ1) is 14.7. The van der Waals surface area contributed by atoms with Crippen LogP contribution in [0.4, 0.5) is 0 Å². The summed E-state index contributed by atoms with van der Waals surface area (Å²) in [5.74, 6) is -1.14. The lowest BCUT2D eigenvalue weighted by Crippen LogP contribution is -2.21. The largest absolute Gasteiger partial charge is 0.478 e. The Morgan fingerprint density at radius 2 is 2.05 bits per heavy atom. The maximum atomic E-state index is 11.9. The molecule has 0 bridgehead atoms. The van der Waals surface area contributed by atoms with Crippen LogP contribution in [-0.4, -0.2) is 19.5 Å². The zero-order valence-corrected chi connectivity index (χ0v) is 13.3. The zero-order valence-electron chi connectivity index (χ0n) is 9.29. The minimum Gasteiger partial charge on any atom is -0.478 e. The van der Waals surface area contributed by atoms with Gasteiger partial charge in [-0.1, -0.05) is 0 Å². The van der Waals surface area contributed by atoms with Crippen LogP contribution in [-0.2, 0) is 16.6 Å². The summed E-state index contributed by atoms with van der Waals surface area (Å²) >= 11 is 5.61. The van der Waals surface area contributed by atoms with Crippen molar-refractivity contribution in [1.82, 2.24) is 4.72 Å². The van der Waals surface area contributed by atoms with E-state index >= 15 is 0 Å². The molecule has 2 aromatic rings. The number of carboxylic acids is 1. The van der Waals surface area contributed by atoms with E-state index in [4.69, 9.17) is 5.11 Å². The molecule has 5 nitrogen and oxygen atoms in total. The second-order valence-corrected chi connectivity index (χ2v) is 8.33. The first-order valence-corrected chi connectivity index (χ1v) is 8.96. The second kappa shape index (κ2) is 5.71. The second-order valence-electron chi connectivity index (χ2n) is 3.52. The molecule has 0 fully saturated rings. The highest BCUT2D eigenvalue weighted by atomic mass is 79.9. The Balaban J connectivity index is 2.11. The molecule has 0 aliphatic heterocycles. The highest BCUT2D eigenvalue weighted by molar-refractivity contribution is 9.10. The first-order chi connectivity index (χ1) is 8.88. The molecule has 0 aromatic carbocycles. The Kier molecular flexibility index (Phi) is 4.41. The van der Waals surface area contributed by atoms with Crippen LogP contribution >= 0.6 is 38.6 Å². The summed E-state index contributed by atoms with van der Waals surface area (Å²) in [4.78, 5) is 11.6. The third kappa shape index (κ3) is 3.63. The average Bonchev–Trinajstić information content (AvgIpc) is 2.95. The van der Waals surface area contributed by atoms with Crippen LogP contribution in [0, 0.1) is 0 Å². The van der Waals surface area contributed by atoms with Crippen molar-refractivity contribution in [3.63, 3.8) is 0 Å². The number of nitrogens with one attached hydrogen (secondary N) is 1. The van der Waals surface area contributed by atoms with E-state index in [9.17, 15) is 13.2 Å². The summed E-state index contributed by atoms with van der Waals surface area (Å²) in [6.45, 7) is 0.179. The minimum absolute atomic E-state index is 0.000483. The number of carboxylic acid groups (broad SMARTS) is 1. The van der Waals surface area contributed by atoms with E-state index in [1.54, 1.807) is 0 Å². The highest BCUT2D eigenvalue weighted by Gasteiger charge is 2.18. The fourth-order valence-electron chi connectivity index (χ4n) is 1.25. The summed E-state index contributed by atoms with van der Waals surface area (Å²) in [5, 5.41) is 11.9. The SMILES string of the molecule is O=C(O)c1csc(S(=O)(=O)NCc2cc(Br)cs2)c1. The standard InChI is InChI=1S/C10H8BrNO4S3/c11-7-2-8(17-5-7)3-12-19(15,16)9-1-6(4-18-9)10(13)14/h1-2,4-5,12H,3H2,(H,13,14). The van der Waals surface area contributed by atoms with Crippen molar-refractivity contribution in [2.75, 3.05) is 0 Å². The van der Waals surface area contributed by atoms with E-state index < -0.39 is 16.0 Å². The molecule has 2 aromatic heterocycles. The Labute approximate surface area is 126 Å². The van der Waals surface area contributed by atoms with Crippen molar-refractivity contribution in [3.05, 3.63) is 37.8 Å². The fourth-order valence-corrected chi connectivity index (χ4v) is 4.94. The summed E-state index contributed by atoms with van der Waals surface area (Å²) < 4.78 is 27.2. The predicted molar refractivity (Wildman–Crippen MR) is 77.3 cm³/mol. The zero-order chi connectivity index (χ0) is 14.0. The van der Waals surface area contributed by atoms with E-state index in [0.29, 0.717) is 0 Å². The molecule has 0 aliphatic rings. The molecule has 0 aliphatic carbocycles. The van der Waals surface area contributed by atoms with Gasteiger partial charge < -0.3 is 5.11 Å². The Morgan fingerprint density at radius 1 is 1.32 bits per heavy atom. The van der Waals surface area contributed by atoms with Gasteiger partial charge in [-0.15, -0.1) is 22.7 Å². The predicted octanol–water partition coefficient (Wildman–Crippen LogP) is 2.75. The molecular weight excluding hydrogens is 374 g/mol. The van der Waals surface area contributed by atoms with Crippen molar-refractivity contribution < 1.29 is 18.3 Å². The molecule has 0 amide bonds. The third-order valence-electron chi connectivity index (χ3n) is 2.15. The van der Waals surface area contributed by atoms with E-state index in [0.717, 1.165) is 26.8 Å². The van der Waals surface area contributed by atoms with Crippen LogP contribution in [0.5, 0.6) is 0 Å². The number of rotatable bonds is 5. The molecule has 0 saturated carbocycles. The third-order valence-corrected chi connectivity index (χ3v) is 6.68. The van der Waals surface area contributed by atoms with Crippen LogP contribution in [0.15, 0.2) is 31.6 Å². The minimum atomic E-state index is -3.67. The van der Waals surface area contributed by atoms with Gasteiger partial charge in [-0.25, -0.2) is 17.9 Å². The van der Waals surface area contributed by atoms with Gasteiger partial charge in [0.2, 0.25) is 10.0 Å². The molecule has 2 heterocycles. The quantitative estimate of drug-likeness (QED) is 0.833. The Hall–Kier alpha value is -0.740. The van der Waals surface area contributed by atoms with Gasteiger partial charge in [0.1, 0.15) is 4.21 Å². The molecule has 0 unspecified atom stereocenters. The van der Waals surface area contributed by atoms with Crippen molar-refractivity contribution >= 4 is 54.6 Å².